The Labute approximate surface area is 75.6 Å². The maximum Gasteiger partial charge on any atom is 0.198 e. The van der Waals surface area contributed by atoms with Crippen LogP contribution in [0.1, 0.15) is 18.3 Å². The minimum atomic E-state index is -0.0593. The minimum Gasteiger partial charge on any atom is -0.394 e. The second kappa shape index (κ2) is 2.81. The molecule has 0 saturated heterocycles. The summed E-state index contributed by atoms with van der Waals surface area (Å²) in [6.07, 6.45) is 0.688. The third kappa shape index (κ3) is 1.10. The number of anilines is 1. The molecule has 0 aromatic carbocycles. The van der Waals surface area contributed by atoms with Crippen molar-refractivity contribution in [1.82, 2.24) is 9.78 Å². The number of rotatable bonds is 2. The summed E-state index contributed by atoms with van der Waals surface area (Å²) in [7, 11) is 0. The fraction of sp³-hybridized carbons (Fsp3) is 0.571. The standard InChI is InChI=1S/C7H12N6/c1-4-6(9)7-11-10-5(2-3-8)13(7)12-4/h5H,2-3,8-9H2,1H3. The molecule has 1 aliphatic rings. The topological polar surface area (TPSA) is 94.6 Å². The second-order valence-electron chi connectivity index (χ2n) is 3.04. The average Bonchev–Trinajstić information content (AvgIpc) is 2.59. The smallest absolute Gasteiger partial charge is 0.198 e. The van der Waals surface area contributed by atoms with Crippen molar-refractivity contribution in [2.75, 3.05) is 12.3 Å². The molecule has 6 heteroatoms. The van der Waals surface area contributed by atoms with Crippen LogP contribution in [0.2, 0.25) is 0 Å². The normalized spacial score (nSPS) is 19.4. The van der Waals surface area contributed by atoms with Crippen LogP contribution in [0.3, 0.4) is 0 Å². The number of aryl methyl sites for hydroxylation is 1. The highest BCUT2D eigenvalue weighted by atomic mass is 15.5. The Balaban J connectivity index is 2.37. The predicted molar refractivity (Wildman–Crippen MR) is 48.6 cm³/mol. The van der Waals surface area contributed by atoms with Gasteiger partial charge in [-0.1, -0.05) is 0 Å². The summed E-state index contributed by atoms with van der Waals surface area (Å²) in [5, 5.41) is 12.2. The van der Waals surface area contributed by atoms with Crippen LogP contribution in [0.25, 0.3) is 0 Å². The van der Waals surface area contributed by atoms with E-state index in [1.54, 1.807) is 4.68 Å². The lowest BCUT2D eigenvalue weighted by Gasteiger charge is -2.04. The van der Waals surface area contributed by atoms with Crippen LogP contribution in [0.4, 0.5) is 11.5 Å². The van der Waals surface area contributed by atoms with E-state index in [4.69, 9.17) is 11.5 Å². The lowest BCUT2D eigenvalue weighted by atomic mass is 10.3. The molecule has 4 N–H and O–H groups in total. The molecule has 2 heterocycles. The summed E-state index contributed by atoms with van der Waals surface area (Å²) >= 11 is 0. The van der Waals surface area contributed by atoms with Crippen molar-refractivity contribution >= 4 is 11.5 Å². The molecule has 1 aliphatic heterocycles. The average molecular weight is 180 g/mol. The fourth-order valence-corrected chi connectivity index (χ4v) is 1.35. The molecule has 0 fully saturated rings. The summed E-state index contributed by atoms with van der Waals surface area (Å²) in [5.41, 5.74) is 12.6. The van der Waals surface area contributed by atoms with Crippen LogP contribution < -0.4 is 11.5 Å². The number of fused-ring (bicyclic) bond motifs is 1. The first-order valence-corrected chi connectivity index (χ1v) is 4.19. The van der Waals surface area contributed by atoms with Gasteiger partial charge in [-0.2, -0.15) is 10.2 Å². The zero-order valence-corrected chi connectivity index (χ0v) is 7.44. The first-order chi connectivity index (χ1) is 6.24. The van der Waals surface area contributed by atoms with Gasteiger partial charge < -0.3 is 11.5 Å². The molecular weight excluding hydrogens is 168 g/mol. The van der Waals surface area contributed by atoms with Gasteiger partial charge in [-0.15, -0.1) is 5.11 Å². The monoisotopic (exact) mass is 180 g/mol. The van der Waals surface area contributed by atoms with Crippen molar-refractivity contribution in [1.29, 1.82) is 0 Å². The van der Waals surface area contributed by atoms with Crippen LogP contribution in [-0.2, 0) is 0 Å². The van der Waals surface area contributed by atoms with Gasteiger partial charge in [-0.05, 0) is 13.5 Å². The van der Waals surface area contributed by atoms with E-state index in [1.165, 1.54) is 0 Å². The van der Waals surface area contributed by atoms with Gasteiger partial charge in [0.15, 0.2) is 12.0 Å². The van der Waals surface area contributed by atoms with Crippen LogP contribution in [0.15, 0.2) is 10.2 Å². The van der Waals surface area contributed by atoms with E-state index in [1.807, 2.05) is 6.92 Å². The Bertz CT molecular complexity index is 352. The highest BCUT2D eigenvalue weighted by Gasteiger charge is 2.23. The maximum atomic E-state index is 5.74. The number of nitrogens with zero attached hydrogens (tertiary/aromatic N) is 4. The van der Waals surface area contributed by atoms with E-state index in [2.05, 4.69) is 15.3 Å². The van der Waals surface area contributed by atoms with Crippen molar-refractivity contribution in [2.24, 2.45) is 16.0 Å². The second-order valence-corrected chi connectivity index (χ2v) is 3.04. The molecule has 1 atom stereocenters. The highest BCUT2D eigenvalue weighted by molar-refractivity contribution is 5.61. The Kier molecular flexibility index (Phi) is 1.77. The molecule has 0 aliphatic carbocycles. The first kappa shape index (κ1) is 8.18. The first-order valence-electron chi connectivity index (χ1n) is 4.19. The molecule has 1 unspecified atom stereocenters. The third-order valence-corrected chi connectivity index (χ3v) is 2.10. The van der Waals surface area contributed by atoms with E-state index in [0.29, 0.717) is 18.1 Å². The maximum absolute atomic E-state index is 5.74. The van der Waals surface area contributed by atoms with Crippen molar-refractivity contribution in [3.63, 3.8) is 0 Å². The molecule has 0 saturated carbocycles. The van der Waals surface area contributed by atoms with Crippen molar-refractivity contribution < 1.29 is 0 Å². The molecule has 70 valence electrons. The number of azo groups is 1. The summed E-state index contributed by atoms with van der Waals surface area (Å²) in [6, 6.07) is 0. The molecule has 0 bridgehead atoms. The van der Waals surface area contributed by atoms with Gasteiger partial charge in [0.1, 0.15) is 5.69 Å². The van der Waals surface area contributed by atoms with Crippen molar-refractivity contribution in [2.45, 2.75) is 19.5 Å². The molecule has 2 rings (SSSR count). The van der Waals surface area contributed by atoms with Gasteiger partial charge in [-0.25, -0.2) is 4.68 Å². The minimum absolute atomic E-state index is 0.0593. The zero-order chi connectivity index (χ0) is 9.42. The van der Waals surface area contributed by atoms with Gasteiger partial charge in [0.25, 0.3) is 0 Å². The van der Waals surface area contributed by atoms with Crippen molar-refractivity contribution in [3.8, 4) is 0 Å². The lowest BCUT2D eigenvalue weighted by molar-refractivity contribution is 0.465. The summed E-state index contributed by atoms with van der Waals surface area (Å²) in [5.74, 6) is 0.663. The lowest BCUT2D eigenvalue weighted by Crippen LogP contribution is -2.10. The van der Waals surface area contributed by atoms with Gasteiger partial charge >= 0.3 is 0 Å². The van der Waals surface area contributed by atoms with Gasteiger partial charge in [-0.3, -0.25) is 0 Å². The Morgan fingerprint density at radius 2 is 2.31 bits per heavy atom. The van der Waals surface area contributed by atoms with E-state index < -0.39 is 0 Å². The Hall–Kier alpha value is -1.43. The zero-order valence-electron chi connectivity index (χ0n) is 7.44. The molecule has 1 aromatic rings. The molecule has 1 aromatic heterocycles. The molecule has 6 nitrogen and oxygen atoms in total. The Morgan fingerprint density at radius 3 is 3.00 bits per heavy atom. The van der Waals surface area contributed by atoms with E-state index >= 15 is 0 Å². The number of nitrogens with two attached hydrogens (primary N) is 2. The molecule has 0 spiro atoms. The highest BCUT2D eigenvalue weighted by Crippen LogP contribution is 2.35. The molecular formula is C7H12N6. The molecule has 0 amide bonds. The van der Waals surface area contributed by atoms with Crippen molar-refractivity contribution in [3.05, 3.63) is 5.69 Å². The number of aromatic nitrogens is 2. The predicted octanol–water partition coefficient (Wildman–Crippen LogP) is 0.718. The summed E-state index contributed by atoms with van der Waals surface area (Å²) in [4.78, 5) is 0. The number of nitrogen functional groups attached to an aromatic ring is 1. The largest absolute Gasteiger partial charge is 0.394 e. The van der Waals surface area contributed by atoms with E-state index in [0.717, 1.165) is 12.1 Å². The third-order valence-electron chi connectivity index (χ3n) is 2.10. The van der Waals surface area contributed by atoms with E-state index in [-0.39, 0.29) is 6.17 Å². The number of hydrogen-bond acceptors (Lipinski definition) is 5. The van der Waals surface area contributed by atoms with E-state index in [9.17, 15) is 0 Å². The summed E-state index contributed by atoms with van der Waals surface area (Å²) < 4.78 is 1.73. The molecule has 0 radical (unpaired) electrons. The van der Waals surface area contributed by atoms with Crippen LogP contribution in [-0.4, -0.2) is 16.3 Å². The van der Waals surface area contributed by atoms with Crippen LogP contribution >= 0.6 is 0 Å². The fourth-order valence-electron chi connectivity index (χ4n) is 1.35. The summed E-state index contributed by atoms with van der Waals surface area (Å²) in [6.45, 7) is 2.43. The Morgan fingerprint density at radius 1 is 1.54 bits per heavy atom. The molecule has 13 heavy (non-hydrogen) atoms. The number of hydrogen-bond donors (Lipinski definition) is 2. The SMILES string of the molecule is Cc1nn2c(c1N)N=NC2CCN. The quantitative estimate of drug-likeness (QED) is 0.701. The van der Waals surface area contributed by atoms with Crippen LogP contribution in [0, 0.1) is 6.92 Å². The van der Waals surface area contributed by atoms with Gasteiger partial charge in [0.2, 0.25) is 0 Å². The van der Waals surface area contributed by atoms with Crippen LogP contribution in [0.5, 0.6) is 0 Å². The van der Waals surface area contributed by atoms with Gasteiger partial charge in [0.05, 0.1) is 5.69 Å². The van der Waals surface area contributed by atoms with Gasteiger partial charge in [0, 0.05) is 6.42 Å².